The fourth-order valence-corrected chi connectivity index (χ4v) is 1.47. The van der Waals surface area contributed by atoms with Gasteiger partial charge in [0.25, 0.3) is 0 Å². The molecule has 0 aromatic heterocycles. The molecule has 1 atom stereocenters. The van der Waals surface area contributed by atoms with Crippen LogP contribution in [0.4, 0.5) is 4.79 Å². The molecule has 0 aromatic rings. The number of hydrogen-bond acceptors (Lipinski definition) is 4. The number of nitrogens with zero attached hydrogens (tertiary/aromatic N) is 1. The Balaban J connectivity index is 2.20. The van der Waals surface area contributed by atoms with Crippen molar-refractivity contribution in [1.29, 1.82) is 0 Å². The van der Waals surface area contributed by atoms with Gasteiger partial charge in [-0.2, -0.15) is 0 Å². The lowest BCUT2D eigenvalue weighted by molar-refractivity contribution is -0.000747. The molecule has 82 valence electrons. The van der Waals surface area contributed by atoms with E-state index in [1.165, 1.54) is 0 Å². The van der Waals surface area contributed by atoms with Crippen molar-refractivity contribution < 1.29 is 14.3 Å². The first-order valence-electron chi connectivity index (χ1n) is 4.78. The van der Waals surface area contributed by atoms with Crippen LogP contribution in [0.15, 0.2) is 0 Å². The van der Waals surface area contributed by atoms with Crippen LogP contribution in [0, 0.1) is 0 Å². The van der Waals surface area contributed by atoms with E-state index in [1.807, 2.05) is 0 Å². The van der Waals surface area contributed by atoms with Crippen molar-refractivity contribution >= 4 is 17.8 Å². The molecule has 5 heteroatoms. The average molecular weight is 222 g/mol. The van der Waals surface area contributed by atoms with E-state index in [9.17, 15) is 4.79 Å². The van der Waals surface area contributed by atoms with Gasteiger partial charge in [-0.05, 0) is 26.8 Å². The SMILES string of the molecule is CC(Cl)OC(=O)OC1CCN(C)CC1. The molecule has 4 nitrogen and oxygen atoms in total. The number of piperidine rings is 1. The number of alkyl halides is 1. The first kappa shape index (κ1) is 11.6. The maximum Gasteiger partial charge on any atom is 0.510 e. The van der Waals surface area contributed by atoms with Gasteiger partial charge in [0, 0.05) is 13.1 Å². The summed E-state index contributed by atoms with van der Waals surface area (Å²) in [4.78, 5) is 13.3. The summed E-state index contributed by atoms with van der Waals surface area (Å²) in [5, 5.41) is 0. The topological polar surface area (TPSA) is 38.8 Å². The monoisotopic (exact) mass is 221 g/mol. The third-order valence-electron chi connectivity index (χ3n) is 2.19. The first-order chi connectivity index (χ1) is 6.58. The number of carbonyl (C=O) groups excluding carboxylic acids is 1. The fourth-order valence-electron chi connectivity index (χ4n) is 1.40. The summed E-state index contributed by atoms with van der Waals surface area (Å²) in [6, 6.07) is 0. The molecule has 1 unspecified atom stereocenters. The van der Waals surface area contributed by atoms with E-state index in [2.05, 4.69) is 16.7 Å². The van der Waals surface area contributed by atoms with Crippen LogP contribution in [0.3, 0.4) is 0 Å². The molecule has 1 aliphatic heterocycles. The van der Waals surface area contributed by atoms with Crippen molar-refractivity contribution in [2.24, 2.45) is 0 Å². The number of rotatable bonds is 2. The van der Waals surface area contributed by atoms with Crippen molar-refractivity contribution in [2.75, 3.05) is 20.1 Å². The van der Waals surface area contributed by atoms with Crippen LogP contribution in [-0.4, -0.2) is 42.9 Å². The number of likely N-dealkylation sites (tertiary alicyclic amines) is 1. The van der Waals surface area contributed by atoms with E-state index < -0.39 is 11.7 Å². The van der Waals surface area contributed by atoms with Crippen molar-refractivity contribution in [3.8, 4) is 0 Å². The molecule has 1 saturated heterocycles. The first-order valence-corrected chi connectivity index (χ1v) is 5.21. The molecule has 1 rings (SSSR count). The lowest BCUT2D eigenvalue weighted by Gasteiger charge is -2.28. The lowest BCUT2D eigenvalue weighted by Crippen LogP contribution is -2.35. The molecular weight excluding hydrogens is 206 g/mol. The third-order valence-corrected chi connectivity index (χ3v) is 2.28. The van der Waals surface area contributed by atoms with Crippen LogP contribution in [0.1, 0.15) is 19.8 Å². The Kier molecular flexibility index (Phi) is 4.48. The van der Waals surface area contributed by atoms with E-state index in [4.69, 9.17) is 16.3 Å². The summed E-state index contributed by atoms with van der Waals surface area (Å²) in [6.45, 7) is 3.49. The number of ether oxygens (including phenoxy) is 2. The number of hydrogen-bond donors (Lipinski definition) is 0. The van der Waals surface area contributed by atoms with Crippen molar-refractivity contribution in [3.63, 3.8) is 0 Å². The van der Waals surface area contributed by atoms with Crippen molar-refractivity contribution in [3.05, 3.63) is 0 Å². The Morgan fingerprint density at radius 3 is 2.57 bits per heavy atom. The van der Waals surface area contributed by atoms with Crippen LogP contribution in [0.2, 0.25) is 0 Å². The summed E-state index contributed by atoms with van der Waals surface area (Å²) < 4.78 is 9.75. The zero-order valence-corrected chi connectivity index (χ0v) is 9.29. The predicted octanol–water partition coefficient (Wildman–Crippen LogP) is 1.82. The fraction of sp³-hybridized carbons (Fsp3) is 0.889. The second-order valence-corrected chi connectivity index (χ2v) is 4.15. The minimum atomic E-state index is -0.665. The summed E-state index contributed by atoms with van der Waals surface area (Å²) in [5.74, 6) is 0. The van der Waals surface area contributed by atoms with E-state index in [-0.39, 0.29) is 6.10 Å². The van der Waals surface area contributed by atoms with Gasteiger partial charge in [-0.25, -0.2) is 4.79 Å². The molecule has 0 N–H and O–H groups in total. The maximum absolute atomic E-state index is 11.1. The summed E-state index contributed by atoms with van der Waals surface area (Å²) in [5.41, 5.74) is -0.631. The van der Waals surface area contributed by atoms with Gasteiger partial charge in [0.2, 0.25) is 0 Å². The Morgan fingerprint density at radius 1 is 1.50 bits per heavy atom. The average Bonchev–Trinajstić information content (AvgIpc) is 2.07. The van der Waals surface area contributed by atoms with Crippen LogP contribution in [0.5, 0.6) is 0 Å². The normalized spacial score (nSPS) is 21.6. The zero-order chi connectivity index (χ0) is 10.6. The third kappa shape index (κ3) is 4.15. The molecule has 0 spiro atoms. The summed E-state index contributed by atoms with van der Waals surface area (Å²) in [7, 11) is 2.05. The van der Waals surface area contributed by atoms with E-state index in [1.54, 1.807) is 6.92 Å². The molecule has 0 aliphatic carbocycles. The molecule has 1 heterocycles. The molecule has 14 heavy (non-hydrogen) atoms. The highest BCUT2D eigenvalue weighted by atomic mass is 35.5. The standard InChI is InChI=1S/C9H16ClNO3/c1-7(10)13-9(12)14-8-3-5-11(2)6-4-8/h7-8H,3-6H2,1-2H3. The molecule has 0 saturated carbocycles. The second kappa shape index (κ2) is 5.41. The van der Waals surface area contributed by atoms with E-state index in [0.717, 1.165) is 25.9 Å². The number of carbonyl (C=O) groups is 1. The molecule has 0 radical (unpaired) electrons. The minimum Gasteiger partial charge on any atom is -0.431 e. The van der Waals surface area contributed by atoms with Gasteiger partial charge in [0.15, 0.2) is 5.56 Å². The Hall–Kier alpha value is -0.480. The Morgan fingerprint density at radius 2 is 2.07 bits per heavy atom. The van der Waals surface area contributed by atoms with Crippen LogP contribution in [-0.2, 0) is 9.47 Å². The largest absolute Gasteiger partial charge is 0.510 e. The van der Waals surface area contributed by atoms with Gasteiger partial charge in [-0.15, -0.1) is 0 Å². The highest BCUT2D eigenvalue weighted by molar-refractivity contribution is 6.19. The zero-order valence-electron chi connectivity index (χ0n) is 8.53. The van der Waals surface area contributed by atoms with Crippen LogP contribution < -0.4 is 0 Å². The quantitative estimate of drug-likeness (QED) is 0.527. The minimum absolute atomic E-state index is 0.0193. The maximum atomic E-state index is 11.1. The van der Waals surface area contributed by atoms with Gasteiger partial charge in [0.1, 0.15) is 6.10 Å². The molecule has 1 aliphatic rings. The van der Waals surface area contributed by atoms with Crippen LogP contribution in [0.25, 0.3) is 0 Å². The highest BCUT2D eigenvalue weighted by Crippen LogP contribution is 2.13. The molecule has 0 bridgehead atoms. The lowest BCUT2D eigenvalue weighted by atomic mass is 10.1. The highest BCUT2D eigenvalue weighted by Gasteiger charge is 2.21. The molecule has 0 aromatic carbocycles. The van der Waals surface area contributed by atoms with Gasteiger partial charge >= 0.3 is 6.16 Å². The molecule has 0 amide bonds. The smallest absolute Gasteiger partial charge is 0.431 e. The van der Waals surface area contributed by atoms with Gasteiger partial charge in [-0.1, -0.05) is 11.6 Å². The van der Waals surface area contributed by atoms with Gasteiger partial charge in [-0.3, -0.25) is 0 Å². The van der Waals surface area contributed by atoms with Gasteiger partial charge < -0.3 is 14.4 Å². The van der Waals surface area contributed by atoms with E-state index >= 15 is 0 Å². The summed E-state index contributed by atoms with van der Waals surface area (Å²) in [6.07, 6.45) is 1.04. The van der Waals surface area contributed by atoms with E-state index in [0.29, 0.717) is 0 Å². The van der Waals surface area contributed by atoms with Crippen LogP contribution >= 0.6 is 11.6 Å². The number of halogens is 1. The predicted molar refractivity (Wildman–Crippen MR) is 53.4 cm³/mol. The summed E-state index contributed by atoms with van der Waals surface area (Å²) >= 11 is 5.48. The molecule has 1 fully saturated rings. The van der Waals surface area contributed by atoms with Gasteiger partial charge in [0.05, 0.1) is 0 Å². The Labute approximate surface area is 89.1 Å². The van der Waals surface area contributed by atoms with Crippen molar-refractivity contribution in [1.82, 2.24) is 4.90 Å². The Bertz CT molecular complexity index is 190. The van der Waals surface area contributed by atoms with Crippen molar-refractivity contribution in [2.45, 2.75) is 31.4 Å². The molecular formula is C9H16ClNO3. The second-order valence-electron chi connectivity index (χ2n) is 3.53.